The highest BCUT2D eigenvalue weighted by atomic mass is 32.2. The normalized spacial score (nSPS) is 13.3. The van der Waals surface area contributed by atoms with Crippen molar-refractivity contribution in [3.05, 3.63) is 36.0 Å². The molecular weight excluding hydrogens is 320 g/mol. The Kier molecular flexibility index (Phi) is 5.72. The number of aromatic amines is 1. The summed E-state index contributed by atoms with van der Waals surface area (Å²) in [6.07, 6.45) is 0.544. The fraction of sp³-hybridized carbons (Fsp3) is 0.357. The van der Waals surface area contributed by atoms with Crippen molar-refractivity contribution >= 4 is 27.1 Å². The SMILES string of the molecule is NC(CCNS(=O)(=O)NCCc1cc2ccccc2[nH]1)C(=O)O. The van der Waals surface area contributed by atoms with E-state index in [1.165, 1.54) is 0 Å². The van der Waals surface area contributed by atoms with Crippen LogP contribution in [0.2, 0.25) is 0 Å². The fourth-order valence-corrected chi connectivity index (χ4v) is 2.97. The monoisotopic (exact) mass is 340 g/mol. The number of carboxylic acid groups (broad SMARTS) is 1. The molecule has 0 spiro atoms. The molecule has 0 saturated carbocycles. The highest BCUT2D eigenvalue weighted by molar-refractivity contribution is 7.87. The third-order valence-electron chi connectivity index (χ3n) is 3.34. The molecule has 2 rings (SSSR count). The summed E-state index contributed by atoms with van der Waals surface area (Å²) in [5.74, 6) is -1.16. The fourth-order valence-electron chi connectivity index (χ4n) is 2.11. The maximum Gasteiger partial charge on any atom is 0.320 e. The minimum atomic E-state index is -3.67. The van der Waals surface area contributed by atoms with E-state index >= 15 is 0 Å². The predicted molar refractivity (Wildman–Crippen MR) is 87.2 cm³/mol. The van der Waals surface area contributed by atoms with Crippen molar-refractivity contribution in [3.63, 3.8) is 0 Å². The Bertz CT molecular complexity index is 739. The number of benzene rings is 1. The molecule has 0 fully saturated rings. The van der Waals surface area contributed by atoms with Crippen molar-refractivity contribution in [1.29, 1.82) is 0 Å². The van der Waals surface area contributed by atoms with Gasteiger partial charge in [-0.15, -0.1) is 0 Å². The predicted octanol–water partition coefficient (Wildman–Crippen LogP) is -0.0636. The number of H-pyrrole nitrogens is 1. The van der Waals surface area contributed by atoms with Crippen LogP contribution in [0.1, 0.15) is 12.1 Å². The number of para-hydroxylation sites is 1. The smallest absolute Gasteiger partial charge is 0.320 e. The Morgan fingerprint density at radius 2 is 1.96 bits per heavy atom. The Labute approximate surface area is 134 Å². The maximum absolute atomic E-state index is 11.7. The Morgan fingerprint density at radius 3 is 2.65 bits per heavy atom. The molecule has 23 heavy (non-hydrogen) atoms. The zero-order valence-corrected chi connectivity index (χ0v) is 13.3. The highest BCUT2D eigenvalue weighted by Gasteiger charge is 2.14. The van der Waals surface area contributed by atoms with Gasteiger partial charge in [0.1, 0.15) is 6.04 Å². The first kappa shape index (κ1) is 17.4. The molecule has 8 nitrogen and oxygen atoms in total. The van der Waals surface area contributed by atoms with Gasteiger partial charge in [-0.3, -0.25) is 4.79 Å². The first-order valence-corrected chi connectivity index (χ1v) is 8.65. The molecule has 2 aromatic rings. The lowest BCUT2D eigenvalue weighted by Gasteiger charge is -2.09. The van der Waals surface area contributed by atoms with Crippen LogP contribution in [0.5, 0.6) is 0 Å². The summed E-state index contributed by atoms with van der Waals surface area (Å²) in [6, 6.07) is 8.70. The van der Waals surface area contributed by atoms with Crippen LogP contribution in [-0.2, 0) is 21.4 Å². The first-order chi connectivity index (χ1) is 10.9. The third-order valence-corrected chi connectivity index (χ3v) is 4.51. The zero-order chi connectivity index (χ0) is 16.9. The number of rotatable bonds is 9. The molecule has 9 heteroatoms. The number of hydrogen-bond acceptors (Lipinski definition) is 4. The topological polar surface area (TPSA) is 137 Å². The zero-order valence-electron chi connectivity index (χ0n) is 12.5. The number of carboxylic acids is 1. The van der Waals surface area contributed by atoms with E-state index in [0.29, 0.717) is 6.42 Å². The standard InChI is InChI=1S/C14H20N4O4S/c15-12(14(19)20)6-8-17-23(21,22)16-7-5-11-9-10-3-1-2-4-13(10)18-11/h1-4,9,12,16-18H,5-8,15H2,(H,19,20). The Hall–Kier alpha value is -1.94. The summed E-state index contributed by atoms with van der Waals surface area (Å²) >= 11 is 0. The minimum Gasteiger partial charge on any atom is -0.480 e. The Morgan fingerprint density at radius 1 is 1.26 bits per heavy atom. The molecule has 1 atom stereocenters. The first-order valence-electron chi connectivity index (χ1n) is 7.16. The number of fused-ring (bicyclic) bond motifs is 1. The van der Waals surface area contributed by atoms with Crippen LogP contribution in [0.4, 0.5) is 0 Å². The highest BCUT2D eigenvalue weighted by Crippen LogP contribution is 2.14. The van der Waals surface area contributed by atoms with Gasteiger partial charge in [0, 0.05) is 30.7 Å². The van der Waals surface area contributed by atoms with Gasteiger partial charge in [0.25, 0.3) is 10.2 Å². The number of aromatic nitrogens is 1. The summed E-state index contributed by atoms with van der Waals surface area (Å²) in [4.78, 5) is 13.8. The Balaban J connectivity index is 1.77. The molecule has 126 valence electrons. The van der Waals surface area contributed by atoms with E-state index in [9.17, 15) is 13.2 Å². The van der Waals surface area contributed by atoms with E-state index in [-0.39, 0.29) is 19.5 Å². The van der Waals surface area contributed by atoms with Gasteiger partial charge in [-0.1, -0.05) is 18.2 Å². The molecule has 0 aliphatic carbocycles. The molecular formula is C14H20N4O4S. The van der Waals surface area contributed by atoms with Crippen LogP contribution in [0.3, 0.4) is 0 Å². The van der Waals surface area contributed by atoms with Gasteiger partial charge >= 0.3 is 5.97 Å². The van der Waals surface area contributed by atoms with E-state index in [0.717, 1.165) is 16.6 Å². The molecule has 0 radical (unpaired) electrons. The van der Waals surface area contributed by atoms with Crippen molar-refractivity contribution < 1.29 is 18.3 Å². The average molecular weight is 340 g/mol. The van der Waals surface area contributed by atoms with Crippen LogP contribution >= 0.6 is 0 Å². The van der Waals surface area contributed by atoms with E-state index in [4.69, 9.17) is 10.8 Å². The molecule has 0 saturated heterocycles. The number of hydrogen-bond donors (Lipinski definition) is 5. The number of carbonyl (C=O) groups is 1. The lowest BCUT2D eigenvalue weighted by Crippen LogP contribution is -2.41. The van der Waals surface area contributed by atoms with Crippen molar-refractivity contribution in [1.82, 2.24) is 14.4 Å². The van der Waals surface area contributed by atoms with Crippen LogP contribution in [0.15, 0.2) is 30.3 Å². The molecule has 1 heterocycles. The molecule has 1 aromatic heterocycles. The molecule has 1 aromatic carbocycles. The van der Waals surface area contributed by atoms with Gasteiger partial charge in [0.2, 0.25) is 0 Å². The van der Waals surface area contributed by atoms with E-state index in [1.807, 2.05) is 30.3 Å². The van der Waals surface area contributed by atoms with Crippen molar-refractivity contribution in [3.8, 4) is 0 Å². The summed E-state index contributed by atoms with van der Waals surface area (Å²) in [5, 5.41) is 9.69. The number of nitrogens with one attached hydrogen (secondary N) is 3. The van der Waals surface area contributed by atoms with Gasteiger partial charge < -0.3 is 15.8 Å². The third kappa shape index (κ3) is 5.32. The van der Waals surface area contributed by atoms with E-state index < -0.39 is 22.2 Å². The summed E-state index contributed by atoms with van der Waals surface area (Å²) < 4.78 is 28.1. The van der Waals surface area contributed by atoms with Gasteiger partial charge in [0.05, 0.1) is 0 Å². The van der Waals surface area contributed by atoms with Crippen LogP contribution in [0.25, 0.3) is 10.9 Å². The summed E-state index contributed by atoms with van der Waals surface area (Å²) in [7, 11) is -3.67. The van der Waals surface area contributed by atoms with Crippen molar-refractivity contribution in [2.75, 3.05) is 13.1 Å². The van der Waals surface area contributed by atoms with Crippen LogP contribution < -0.4 is 15.2 Å². The molecule has 0 amide bonds. The van der Waals surface area contributed by atoms with Crippen molar-refractivity contribution in [2.45, 2.75) is 18.9 Å². The van der Waals surface area contributed by atoms with Crippen molar-refractivity contribution in [2.24, 2.45) is 5.73 Å². The summed E-state index contributed by atoms with van der Waals surface area (Å²) in [5.41, 5.74) is 7.24. The minimum absolute atomic E-state index is 0.0261. The molecule has 0 bridgehead atoms. The van der Waals surface area contributed by atoms with E-state index in [1.54, 1.807) is 0 Å². The van der Waals surface area contributed by atoms with Gasteiger partial charge in [0.15, 0.2) is 0 Å². The quantitative estimate of drug-likeness (QED) is 0.435. The van der Waals surface area contributed by atoms with Gasteiger partial charge in [-0.25, -0.2) is 9.44 Å². The maximum atomic E-state index is 11.7. The lowest BCUT2D eigenvalue weighted by atomic mass is 10.2. The van der Waals surface area contributed by atoms with E-state index in [2.05, 4.69) is 14.4 Å². The lowest BCUT2D eigenvalue weighted by molar-refractivity contribution is -0.138. The largest absolute Gasteiger partial charge is 0.480 e. The number of aliphatic carboxylic acids is 1. The molecule has 6 N–H and O–H groups in total. The second-order valence-electron chi connectivity index (χ2n) is 5.16. The van der Waals surface area contributed by atoms with Crippen LogP contribution in [0, 0.1) is 0 Å². The average Bonchev–Trinajstić information content (AvgIpc) is 2.89. The number of nitrogens with two attached hydrogens (primary N) is 1. The van der Waals surface area contributed by atoms with Gasteiger partial charge in [-0.2, -0.15) is 8.42 Å². The van der Waals surface area contributed by atoms with Gasteiger partial charge in [-0.05, 0) is 23.9 Å². The second kappa shape index (κ2) is 7.55. The summed E-state index contributed by atoms with van der Waals surface area (Å²) in [6.45, 7) is 0.197. The second-order valence-corrected chi connectivity index (χ2v) is 6.74. The molecule has 0 aliphatic rings. The molecule has 0 aliphatic heterocycles. The molecule has 1 unspecified atom stereocenters. The van der Waals surface area contributed by atoms with Crippen LogP contribution in [-0.4, -0.2) is 43.6 Å².